The van der Waals surface area contributed by atoms with Crippen molar-refractivity contribution < 1.29 is 24.9 Å². The monoisotopic (exact) mass is 449 g/mol. The van der Waals surface area contributed by atoms with E-state index in [0.29, 0.717) is 43.4 Å². The molecule has 6 nitrogen and oxygen atoms in total. The van der Waals surface area contributed by atoms with Crippen LogP contribution < -0.4 is 5.73 Å². The van der Waals surface area contributed by atoms with Crippen molar-refractivity contribution in [2.45, 2.75) is 90.8 Å². The first-order chi connectivity index (χ1) is 15.0. The summed E-state index contributed by atoms with van der Waals surface area (Å²) in [5.41, 5.74) is 5.71. The maximum Gasteiger partial charge on any atom is 0.303 e. The first kappa shape index (κ1) is 24.2. The molecular formula is C26H43NO5. The molecule has 0 aromatic carbocycles. The molecule has 182 valence electrons. The number of nitrogens with two attached hydrogens (primary N) is 1. The average molecular weight is 450 g/mol. The molecule has 0 aliphatic heterocycles. The van der Waals surface area contributed by atoms with E-state index in [2.05, 4.69) is 20.8 Å². The highest BCUT2D eigenvalue weighted by Gasteiger charge is 2.65. The zero-order chi connectivity index (χ0) is 23.4. The lowest BCUT2D eigenvalue weighted by atomic mass is 9.41. The Morgan fingerprint density at radius 2 is 1.78 bits per heavy atom. The number of carbonyl (C=O) groups excluding carboxylic acids is 1. The van der Waals surface area contributed by atoms with E-state index in [1.165, 1.54) is 0 Å². The van der Waals surface area contributed by atoms with Gasteiger partial charge in [-0.15, -0.1) is 0 Å². The molecular weight excluding hydrogens is 406 g/mol. The van der Waals surface area contributed by atoms with Crippen LogP contribution in [0.1, 0.15) is 78.6 Å². The van der Waals surface area contributed by atoms with Crippen LogP contribution in [0.3, 0.4) is 0 Å². The van der Waals surface area contributed by atoms with Crippen molar-refractivity contribution >= 4 is 11.8 Å². The number of rotatable bonds is 6. The Kier molecular flexibility index (Phi) is 6.54. The van der Waals surface area contributed by atoms with E-state index in [9.17, 15) is 19.8 Å². The second-order valence-electron chi connectivity index (χ2n) is 12.1. The second kappa shape index (κ2) is 8.66. The Bertz CT molecular complexity index is 742. The summed E-state index contributed by atoms with van der Waals surface area (Å²) < 4.78 is 0. The zero-order valence-corrected chi connectivity index (χ0v) is 20.0. The van der Waals surface area contributed by atoms with Gasteiger partial charge in [0.1, 0.15) is 5.78 Å². The number of hydrogen-bond acceptors (Lipinski definition) is 5. The van der Waals surface area contributed by atoms with Gasteiger partial charge in [0.25, 0.3) is 0 Å². The molecule has 0 aromatic rings. The van der Waals surface area contributed by atoms with Gasteiger partial charge in [-0.25, -0.2) is 0 Å². The van der Waals surface area contributed by atoms with Crippen LogP contribution in [-0.2, 0) is 9.59 Å². The van der Waals surface area contributed by atoms with Crippen LogP contribution in [0.15, 0.2) is 0 Å². The van der Waals surface area contributed by atoms with Crippen molar-refractivity contribution in [3.63, 3.8) is 0 Å². The largest absolute Gasteiger partial charge is 0.481 e. The Morgan fingerprint density at radius 3 is 2.44 bits per heavy atom. The van der Waals surface area contributed by atoms with Crippen LogP contribution in [0.4, 0.5) is 0 Å². The van der Waals surface area contributed by atoms with Gasteiger partial charge in [-0.05, 0) is 97.7 Å². The highest BCUT2D eigenvalue weighted by atomic mass is 16.4. The maximum atomic E-state index is 12.9. The molecule has 4 saturated carbocycles. The number of ketones is 1. The van der Waals surface area contributed by atoms with Gasteiger partial charge in [0, 0.05) is 12.3 Å². The molecule has 6 heteroatoms. The number of aliphatic hydroxyl groups is 2. The number of carbonyl (C=O) groups is 2. The minimum atomic E-state index is -0.725. The lowest BCUT2D eigenvalue weighted by Crippen LogP contribution is -2.62. The number of carboxylic acid groups (broad SMARTS) is 1. The summed E-state index contributed by atoms with van der Waals surface area (Å²) in [7, 11) is 0. The number of aliphatic hydroxyl groups excluding tert-OH is 2. The van der Waals surface area contributed by atoms with Crippen LogP contribution in [-0.4, -0.2) is 45.8 Å². The van der Waals surface area contributed by atoms with E-state index >= 15 is 0 Å². The molecule has 0 radical (unpaired) electrons. The average Bonchev–Trinajstić information content (AvgIpc) is 3.09. The molecule has 4 rings (SSSR count). The van der Waals surface area contributed by atoms with Crippen molar-refractivity contribution in [3.05, 3.63) is 0 Å². The number of Topliss-reactive ketones (excluding diaryl/α,β-unsaturated/α-hetero) is 1. The second-order valence-corrected chi connectivity index (χ2v) is 12.1. The first-order valence-electron chi connectivity index (χ1n) is 12.8. The van der Waals surface area contributed by atoms with E-state index in [-0.39, 0.29) is 53.3 Å². The van der Waals surface area contributed by atoms with Crippen LogP contribution >= 0.6 is 0 Å². The Morgan fingerprint density at radius 1 is 1.06 bits per heavy atom. The molecule has 32 heavy (non-hydrogen) atoms. The van der Waals surface area contributed by atoms with Gasteiger partial charge in [0.15, 0.2) is 0 Å². The van der Waals surface area contributed by atoms with E-state index in [1.54, 1.807) is 0 Å². The quantitative estimate of drug-likeness (QED) is 0.494. The van der Waals surface area contributed by atoms with Gasteiger partial charge in [-0.3, -0.25) is 9.59 Å². The van der Waals surface area contributed by atoms with E-state index < -0.39 is 18.2 Å². The van der Waals surface area contributed by atoms with Crippen molar-refractivity contribution in [3.8, 4) is 0 Å². The van der Waals surface area contributed by atoms with Crippen LogP contribution in [0.5, 0.6) is 0 Å². The minimum absolute atomic E-state index is 0.0178. The molecule has 5 N–H and O–H groups in total. The lowest BCUT2D eigenvalue weighted by Gasteiger charge is -2.64. The van der Waals surface area contributed by atoms with Crippen molar-refractivity contribution in [2.24, 2.45) is 58.0 Å². The molecule has 4 fully saturated rings. The lowest BCUT2D eigenvalue weighted by molar-refractivity contribution is -0.196. The first-order valence-corrected chi connectivity index (χ1v) is 12.8. The van der Waals surface area contributed by atoms with Gasteiger partial charge < -0.3 is 21.1 Å². The molecule has 0 spiro atoms. The molecule has 0 bridgehead atoms. The minimum Gasteiger partial charge on any atom is -0.481 e. The number of hydrogen-bond donors (Lipinski definition) is 4. The third-order valence-electron chi connectivity index (χ3n) is 11.0. The van der Waals surface area contributed by atoms with Gasteiger partial charge in [-0.2, -0.15) is 0 Å². The topological polar surface area (TPSA) is 121 Å². The molecule has 5 unspecified atom stereocenters. The normalized spacial score (nSPS) is 48.9. The summed E-state index contributed by atoms with van der Waals surface area (Å²) in [5, 5.41) is 31.1. The summed E-state index contributed by atoms with van der Waals surface area (Å²) in [6.07, 6.45) is 6.12. The molecule has 0 saturated heterocycles. The number of fused-ring (bicyclic) bond motifs is 5. The van der Waals surface area contributed by atoms with Gasteiger partial charge in [-0.1, -0.05) is 20.8 Å². The summed E-state index contributed by atoms with van der Waals surface area (Å²) in [6.45, 7) is 6.87. The highest BCUT2D eigenvalue weighted by Crippen LogP contribution is 2.69. The van der Waals surface area contributed by atoms with Crippen molar-refractivity contribution in [1.29, 1.82) is 0 Å². The third-order valence-corrected chi connectivity index (χ3v) is 11.0. The molecule has 4 aliphatic carbocycles. The number of aliphatic carboxylic acids is 1. The van der Waals surface area contributed by atoms with Crippen LogP contribution in [0, 0.1) is 52.3 Å². The van der Waals surface area contributed by atoms with E-state index in [1.807, 2.05) is 0 Å². The zero-order valence-electron chi connectivity index (χ0n) is 20.0. The summed E-state index contributed by atoms with van der Waals surface area (Å²) in [6, 6.07) is 0. The Balaban J connectivity index is 1.63. The predicted octanol–water partition coefficient (Wildman–Crippen LogP) is 3.23. The fourth-order valence-corrected chi connectivity index (χ4v) is 9.45. The van der Waals surface area contributed by atoms with Crippen molar-refractivity contribution in [2.75, 3.05) is 6.54 Å². The molecule has 4 aliphatic rings. The van der Waals surface area contributed by atoms with Gasteiger partial charge in [0.05, 0.1) is 18.8 Å². The Hall–Kier alpha value is -0.980. The standard InChI is InChI=1S/C26H43NO5/c1-14(4-7-23(31)32)17-5-6-18-24-19(8-9-25(17,18)2)26(3)15(11-21(24)29)10-16(28)12-20(26)22(30)13-27/h14-21,24,28-29H,4-13,27H2,1-3H3,(H,31,32)/t14-,15?,16-,17-,18?,19?,20?,21+,24?,25-,26+/m1/s1. The summed E-state index contributed by atoms with van der Waals surface area (Å²) in [4.78, 5) is 24.1. The highest BCUT2D eigenvalue weighted by molar-refractivity contribution is 5.83. The van der Waals surface area contributed by atoms with Crippen molar-refractivity contribution in [1.82, 2.24) is 0 Å². The fourth-order valence-electron chi connectivity index (χ4n) is 9.45. The SMILES string of the molecule is C[C@H](CCC(=O)O)[C@H]1CCC2C3C(CC[C@@]21C)[C@]1(C)C(C[C@@H](O)CC1C(=O)CN)C[C@@H]3O. The van der Waals surface area contributed by atoms with Crippen LogP contribution in [0.25, 0.3) is 0 Å². The maximum absolute atomic E-state index is 12.9. The van der Waals surface area contributed by atoms with Gasteiger partial charge >= 0.3 is 5.97 Å². The predicted molar refractivity (Wildman–Crippen MR) is 122 cm³/mol. The Labute approximate surface area is 192 Å². The van der Waals surface area contributed by atoms with Gasteiger partial charge in [0.2, 0.25) is 0 Å². The van der Waals surface area contributed by atoms with E-state index in [0.717, 1.165) is 25.7 Å². The summed E-state index contributed by atoms with van der Waals surface area (Å²) >= 11 is 0. The number of carboxylic acids is 1. The summed E-state index contributed by atoms with van der Waals surface area (Å²) in [5.74, 6) is 0.968. The van der Waals surface area contributed by atoms with E-state index in [4.69, 9.17) is 10.8 Å². The van der Waals surface area contributed by atoms with Crippen LogP contribution in [0.2, 0.25) is 0 Å². The molecule has 11 atom stereocenters. The molecule has 0 heterocycles. The molecule has 0 aromatic heterocycles. The fraction of sp³-hybridized carbons (Fsp3) is 0.923. The smallest absolute Gasteiger partial charge is 0.303 e. The molecule has 0 amide bonds. The third kappa shape index (κ3) is 3.65.